The Morgan fingerprint density at radius 2 is 2.03 bits per heavy atom. The van der Waals surface area contributed by atoms with Crippen molar-refractivity contribution >= 4 is 40.8 Å². The lowest BCUT2D eigenvalue weighted by molar-refractivity contribution is 0.309. The first kappa shape index (κ1) is 19.5. The molecule has 0 saturated heterocycles. The number of anilines is 1. The lowest BCUT2D eigenvalue weighted by Gasteiger charge is -2.21. The average Bonchev–Trinajstić information content (AvgIpc) is 3.08. The molecule has 0 saturated carbocycles. The Balaban J connectivity index is 1.57. The Morgan fingerprint density at radius 1 is 1.21 bits per heavy atom. The van der Waals surface area contributed by atoms with Crippen molar-refractivity contribution in [2.45, 2.75) is 6.61 Å². The largest absolute Gasteiger partial charge is 0.487 e. The molecule has 0 bridgehead atoms. The molecule has 0 fully saturated rings. The Bertz CT molecular complexity index is 1100. The number of rotatable bonds is 6. The van der Waals surface area contributed by atoms with E-state index < -0.39 is 0 Å². The zero-order chi connectivity index (χ0) is 20.1. The number of ether oxygens (including phenoxy) is 1. The molecule has 3 aromatic rings. The molecule has 0 unspecified atom stereocenters. The van der Waals surface area contributed by atoms with Crippen LogP contribution in [0.4, 0.5) is 5.69 Å². The van der Waals surface area contributed by atoms with Gasteiger partial charge in [-0.15, -0.1) is 0 Å². The quantitative estimate of drug-likeness (QED) is 0.588. The predicted molar refractivity (Wildman–Crippen MR) is 123 cm³/mol. The second-order valence-corrected chi connectivity index (χ2v) is 8.28. The zero-order valence-electron chi connectivity index (χ0n) is 16.0. The van der Waals surface area contributed by atoms with E-state index in [9.17, 15) is 4.79 Å². The molecule has 0 atom stereocenters. The average molecular weight is 424 g/mol. The summed E-state index contributed by atoms with van der Waals surface area (Å²) in [4.78, 5) is 19.6. The number of benzodiazepines with no additional fused rings is 1. The zero-order valence-corrected chi connectivity index (χ0v) is 17.6. The van der Waals surface area contributed by atoms with E-state index in [1.165, 1.54) is 17.0 Å². The van der Waals surface area contributed by atoms with Crippen LogP contribution < -0.4 is 13.9 Å². The van der Waals surface area contributed by atoms with Crippen molar-refractivity contribution in [1.29, 1.82) is 0 Å². The molecule has 148 valence electrons. The van der Waals surface area contributed by atoms with Gasteiger partial charge in [0.05, 0.1) is 22.8 Å². The van der Waals surface area contributed by atoms with Gasteiger partial charge in [0.1, 0.15) is 12.4 Å². The summed E-state index contributed by atoms with van der Waals surface area (Å²) in [6, 6.07) is 16.2. The molecule has 1 aliphatic rings. The molecule has 5 nitrogen and oxygen atoms in total. The number of aromatic amines is 1. The van der Waals surface area contributed by atoms with Gasteiger partial charge in [0.15, 0.2) is 0 Å². The van der Waals surface area contributed by atoms with E-state index in [4.69, 9.17) is 9.73 Å². The van der Waals surface area contributed by atoms with Crippen LogP contribution in [0.15, 0.2) is 70.6 Å². The number of nitrogens with zero attached hydrogens (tertiary/aromatic N) is 2. The first-order chi connectivity index (χ1) is 14.2. The highest BCUT2D eigenvalue weighted by Gasteiger charge is 2.16. The van der Waals surface area contributed by atoms with Gasteiger partial charge in [-0.25, -0.2) is 0 Å². The maximum atomic E-state index is 11.3. The van der Waals surface area contributed by atoms with Crippen LogP contribution in [0.25, 0.3) is 6.08 Å². The van der Waals surface area contributed by atoms with Crippen LogP contribution in [0.3, 0.4) is 0 Å². The fourth-order valence-electron chi connectivity index (χ4n) is 3.16. The fraction of sp³-hybridized carbons (Fsp3) is 0.182. The summed E-state index contributed by atoms with van der Waals surface area (Å²) >= 11 is 2.88. The van der Waals surface area contributed by atoms with Gasteiger partial charge in [0.2, 0.25) is 0 Å². The monoisotopic (exact) mass is 423 g/mol. The minimum atomic E-state index is -0.0684. The molecule has 0 aliphatic carbocycles. The van der Waals surface area contributed by atoms with Crippen molar-refractivity contribution in [2.75, 3.05) is 23.7 Å². The van der Waals surface area contributed by atoms with Crippen LogP contribution in [0.5, 0.6) is 5.75 Å². The number of aliphatic imine (C=N–C) groups is 1. The molecule has 1 N–H and O–H groups in total. The third-order valence-electron chi connectivity index (χ3n) is 4.54. The van der Waals surface area contributed by atoms with E-state index in [1.807, 2.05) is 36.4 Å². The van der Waals surface area contributed by atoms with E-state index in [0.717, 1.165) is 40.6 Å². The highest BCUT2D eigenvalue weighted by molar-refractivity contribution is 7.99. The van der Waals surface area contributed by atoms with Crippen LogP contribution in [0.1, 0.15) is 16.0 Å². The second-order valence-electron chi connectivity index (χ2n) is 6.37. The predicted octanol–water partition coefficient (Wildman–Crippen LogP) is 4.62. The summed E-state index contributed by atoms with van der Waals surface area (Å²) in [5, 5.41) is 0. The summed E-state index contributed by atoms with van der Waals surface area (Å²) in [6.07, 6.45) is 7.88. The molecule has 7 heteroatoms. The maximum Gasteiger partial charge on any atom is 0.304 e. The van der Waals surface area contributed by atoms with Crippen molar-refractivity contribution in [3.8, 4) is 5.75 Å². The van der Waals surface area contributed by atoms with E-state index in [1.54, 1.807) is 18.1 Å². The summed E-state index contributed by atoms with van der Waals surface area (Å²) < 4.78 is 8.23. The first-order valence-electron chi connectivity index (χ1n) is 9.27. The van der Waals surface area contributed by atoms with Crippen LogP contribution in [-0.2, 0) is 6.61 Å². The van der Waals surface area contributed by atoms with Gasteiger partial charge in [-0.3, -0.25) is 9.79 Å². The van der Waals surface area contributed by atoms with Crippen molar-refractivity contribution < 1.29 is 4.74 Å². The van der Waals surface area contributed by atoms with Gasteiger partial charge in [0.25, 0.3) is 0 Å². The molecule has 1 aromatic heterocycles. The number of para-hydroxylation sites is 2. The molecule has 2 aromatic carbocycles. The van der Waals surface area contributed by atoms with Gasteiger partial charge in [-0.2, -0.15) is 0 Å². The molecule has 0 amide bonds. The van der Waals surface area contributed by atoms with E-state index in [0.29, 0.717) is 6.61 Å². The Hall–Kier alpha value is -2.77. The number of hydrogen-bond donors (Lipinski definition) is 1. The Labute approximate surface area is 177 Å². The summed E-state index contributed by atoms with van der Waals surface area (Å²) in [6.45, 7) is 2.00. The van der Waals surface area contributed by atoms with Gasteiger partial charge in [0, 0.05) is 30.1 Å². The van der Waals surface area contributed by atoms with Crippen LogP contribution in [0, 0.1) is 0 Å². The molecular formula is C22H21N3O2S2. The first-order valence-corrected chi connectivity index (χ1v) is 11.3. The Morgan fingerprint density at radius 3 is 2.86 bits per heavy atom. The molecule has 4 rings (SSSR count). The molecular weight excluding hydrogens is 402 g/mol. The van der Waals surface area contributed by atoms with E-state index in [-0.39, 0.29) is 4.87 Å². The van der Waals surface area contributed by atoms with Gasteiger partial charge >= 0.3 is 4.87 Å². The number of thiazole rings is 1. The number of hydrogen-bond acceptors (Lipinski definition) is 6. The topological polar surface area (TPSA) is 57.7 Å². The highest BCUT2D eigenvalue weighted by Crippen LogP contribution is 2.29. The number of allylic oxidation sites excluding steroid dienone is 1. The minimum absolute atomic E-state index is 0.0684. The normalized spacial score (nSPS) is 13.8. The van der Waals surface area contributed by atoms with E-state index in [2.05, 4.69) is 39.8 Å². The van der Waals surface area contributed by atoms with Gasteiger partial charge < -0.3 is 14.0 Å². The number of nitrogens with one attached hydrogen (secondary N) is 1. The summed E-state index contributed by atoms with van der Waals surface area (Å²) in [5.74, 6) is 0.776. The summed E-state index contributed by atoms with van der Waals surface area (Å²) in [5.41, 5.74) is 4.26. The fourth-order valence-corrected chi connectivity index (χ4v) is 4.37. The van der Waals surface area contributed by atoms with Crippen molar-refractivity contribution in [3.63, 3.8) is 0 Å². The SMILES string of the molecule is CSN1CCN=C(/C=C/c2ccccc2OCc2c[nH]c(=O)s2)c2ccccc21. The van der Waals surface area contributed by atoms with Crippen LogP contribution >= 0.6 is 23.3 Å². The second kappa shape index (κ2) is 9.15. The number of fused-ring (bicyclic) bond motifs is 1. The van der Waals surface area contributed by atoms with Crippen molar-refractivity contribution in [1.82, 2.24) is 4.98 Å². The number of benzene rings is 2. The minimum Gasteiger partial charge on any atom is -0.487 e. The number of H-pyrrole nitrogens is 1. The van der Waals surface area contributed by atoms with Crippen molar-refractivity contribution in [2.24, 2.45) is 4.99 Å². The van der Waals surface area contributed by atoms with Gasteiger partial charge in [-0.1, -0.05) is 59.7 Å². The van der Waals surface area contributed by atoms with Crippen LogP contribution in [-0.4, -0.2) is 30.0 Å². The lowest BCUT2D eigenvalue weighted by atomic mass is 10.1. The van der Waals surface area contributed by atoms with Crippen LogP contribution in [0.2, 0.25) is 0 Å². The molecule has 0 radical (unpaired) electrons. The standard InChI is InChI=1S/C22H21N3O2S2/c1-28-25-13-12-23-19(18-7-3-4-8-20(18)25)11-10-16-6-2-5-9-21(16)27-15-17-14-24-22(26)29-17/h2-11,14H,12-13,15H2,1H3,(H,24,26)/b11-10+. The lowest BCUT2D eigenvalue weighted by Crippen LogP contribution is -2.17. The summed E-state index contributed by atoms with van der Waals surface area (Å²) in [7, 11) is 0. The number of aromatic nitrogens is 1. The van der Waals surface area contributed by atoms with E-state index >= 15 is 0 Å². The third-order valence-corrected chi connectivity index (χ3v) is 6.16. The Kier molecular flexibility index (Phi) is 6.17. The molecule has 1 aliphatic heterocycles. The van der Waals surface area contributed by atoms with Crippen molar-refractivity contribution in [3.05, 3.63) is 86.5 Å². The van der Waals surface area contributed by atoms with Gasteiger partial charge in [-0.05, 0) is 24.3 Å². The smallest absolute Gasteiger partial charge is 0.304 e. The third kappa shape index (κ3) is 4.63. The molecule has 0 spiro atoms. The highest BCUT2D eigenvalue weighted by atomic mass is 32.2. The maximum absolute atomic E-state index is 11.3. The molecule has 2 heterocycles. The molecule has 29 heavy (non-hydrogen) atoms.